The van der Waals surface area contributed by atoms with Gasteiger partial charge >= 0.3 is 0 Å². The molecule has 0 radical (unpaired) electrons. The molecule has 2 amide bonds. The van der Waals surface area contributed by atoms with Crippen LogP contribution in [-0.4, -0.2) is 70.3 Å². The van der Waals surface area contributed by atoms with Crippen LogP contribution in [0.1, 0.15) is 25.5 Å². The maximum Gasteiger partial charge on any atom is 0.247 e. The van der Waals surface area contributed by atoms with Gasteiger partial charge in [0, 0.05) is 38.8 Å². The molecule has 6 heteroatoms. The van der Waals surface area contributed by atoms with Crippen molar-refractivity contribution in [2.45, 2.75) is 38.4 Å². The van der Waals surface area contributed by atoms with Gasteiger partial charge in [-0.15, -0.1) is 0 Å². The summed E-state index contributed by atoms with van der Waals surface area (Å²) in [7, 11) is 2.00. The first-order chi connectivity index (χ1) is 11.1. The van der Waals surface area contributed by atoms with Crippen LogP contribution in [-0.2, 0) is 16.1 Å². The van der Waals surface area contributed by atoms with E-state index in [1.165, 1.54) is 0 Å². The minimum Gasteiger partial charge on any atom is -0.332 e. The van der Waals surface area contributed by atoms with E-state index >= 15 is 0 Å². The van der Waals surface area contributed by atoms with Crippen LogP contribution in [0.25, 0.3) is 0 Å². The standard InChI is InChI=1S/C17H24N4O2/c1-13(22)20-10-9-19(2)12-16(20)17(23)21(15-6-7-15)11-14-5-3-4-8-18-14/h3-5,8,15-16H,6-7,9-12H2,1-2H3. The summed E-state index contributed by atoms with van der Waals surface area (Å²) in [5, 5.41) is 0. The van der Waals surface area contributed by atoms with Crippen LogP contribution in [0, 0.1) is 0 Å². The Morgan fingerprint density at radius 3 is 2.70 bits per heavy atom. The summed E-state index contributed by atoms with van der Waals surface area (Å²) in [6.07, 6.45) is 3.84. The van der Waals surface area contributed by atoms with E-state index in [4.69, 9.17) is 0 Å². The Morgan fingerprint density at radius 1 is 1.30 bits per heavy atom. The number of rotatable bonds is 4. The molecule has 124 valence electrons. The fraction of sp³-hybridized carbons (Fsp3) is 0.588. The second kappa shape index (κ2) is 6.66. The maximum atomic E-state index is 13.1. The van der Waals surface area contributed by atoms with Gasteiger partial charge in [0.15, 0.2) is 0 Å². The molecule has 0 bridgehead atoms. The average molecular weight is 316 g/mol. The molecule has 1 aromatic heterocycles. The number of carbonyl (C=O) groups excluding carboxylic acids is 2. The van der Waals surface area contributed by atoms with Crippen LogP contribution in [0.4, 0.5) is 0 Å². The summed E-state index contributed by atoms with van der Waals surface area (Å²) < 4.78 is 0. The second-order valence-corrected chi connectivity index (χ2v) is 6.51. The van der Waals surface area contributed by atoms with Crippen LogP contribution in [0.15, 0.2) is 24.4 Å². The number of likely N-dealkylation sites (N-methyl/N-ethyl adjacent to an activating group) is 1. The number of aromatic nitrogens is 1. The molecular formula is C17H24N4O2. The van der Waals surface area contributed by atoms with Gasteiger partial charge < -0.3 is 14.7 Å². The van der Waals surface area contributed by atoms with Crippen molar-refractivity contribution in [2.75, 3.05) is 26.7 Å². The van der Waals surface area contributed by atoms with Gasteiger partial charge in [0.2, 0.25) is 11.8 Å². The Bertz CT molecular complexity index is 573. The summed E-state index contributed by atoms with van der Waals surface area (Å²) in [4.78, 5) is 35.1. The zero-order chi connectivity index (χ0) is 16.4. The number of nitrogens with zero attached hydrogens (tertiary/aromatic N) is 4. The number of carbonyl (C=O) groups is 2. The third kappa shape index (κ3) is 3.69. The molecule has 6 nitrogen and oxygen atoms in total. The average Bonchev–Trinajstić information content (AvgIpc) is 3.37. The Kier molecular flexibility index (Phi) is 4.61. The minimum atomic E-state index is -0.379. The van der Waals surface area contributed by atoms with Gasteiger partial charge in [-0.25, -0.2) is 0 Å². The quantitative estimate of drug-likeness (QED) is 0.822. The van der Waals surface area contributed by atoms with Crippen LogP contribution in [0.2, 0.25) is 0 Å². The monoisotopic (exact) mass is 316 g/mol. The van der Waals surface area contributed by atoms with Gasteiger partial charge in [0.1, 0.15) is 6.04 Å². The van der Waals surface area contributed by atoms with E-state index in [0.717, 1.165) is 25.1 Å². The first-order valence-electron chi connectivity index (χ1n) is 8.22. The highest BCUT2D eigenvalue weighted by atomic mass is 16.2. The molecule has 1 atom stereocenters. The van der Waals surface area contributed by atoms with Crippen molar-refractivity contribution in [3.63, 3.8) is 0 Å². The molecule has 0 aromatic carbocycles. The number of hydrogen-bond acceptors (Lipinski definition) is 4. The van der Waals surface area contributed by atoms with Crippen molar-refractivity contribution < 1.29 is 9.59 Å². The first-order valence-corrected chi connectivity index (χ1v) is 8.22. The van der Waals surface area contributed by atoms with Crippen molar-refractivity contribution in [3.8, 4) is 0 Å². The van der Waals surface area contributed by atoms with Gasteiger partial charge in [-0.1, -0.05) is 6.07 Å². The molecule has 1 saturated heterocycles. The van der Waals surface area contributed by atoms with Gasteiger partial charge in [-0.05, 0) is 32.0 Å². The van der Waals surface area contributed by atoms with Crippen molar-refractivity contribution >= 4 is 11.8 Å². The molecule has 1 unspecified atom stereocenters. The molecule has 0 N–H and O–H groups in total. The van der Waals surface area contributed by atoms with Gasteiger partial charge in [-0.2, -0.15) is 0 Å². The lowest BCUT2D eigenvalue weighted by Crippen LogP contribution is -2.60. The van der Waals surface area contributed by atoms with Crippen LogP contribution >= 0.6 is 0 Å². The number of pyridine rings is 1. The van der Waals surface area contributed by atoms with Gasteiger partial charge in [0.05, 0.1) is 12.2 Å². The molecule has 0 spiro atoms. The molecule has 2 fully saturated rings. The fourth-order valence-electron chi connectivity index (χ4n) is 3.14. The SMILES string of the molecule is CC(=O)N1CCN(C)CC1C(=O)N(Cc1ccccn1)C1CC1. The predicted molar refractivity (Wildman–Crippen MR) is 86.5 cm³/mol. The van der Waals surface area contributed by atoms with Crippen molar-refractivity contribution in [3.05, 3.63) is 30.1 Å². The Hall–Kier alpha value is -1.95. The molecule has 1 aromatic rings. The van der Waals surface area contributed by atoms with Crippen LogP contribution in [0.5, 0.6) is 0 Å². The summed E-state index contributed by atoms with van der Waals surface area (Å²) >= 11 is 0. The minimum absolute atomic E-state index is 0.0231. The molecule has 1 aliphatic heterocycles. The lowest BCUT2D eigenvalue weighted by Gasteiger charge is -2.40. The fourth-order valence-corrected chi connectivity index (χ4v) is 3.14. The Morgan fingerprint density at radius 2 is 2.09 bits per heavy atom. The van der Waals surface area contributed by atoms with E-state index in [1.54, 1.807) is 18.0 Å². The van der Waals surface area contributed by atoms with Gasteiger partial charge in [-0.3, -0.25) is 14.6 Å². The van der Waals surface area contributed by atoms with Gasteiger partial charge in [0.25, 0.3) is 0 Å². The van der Waals surface area contributed by atoms with Crippen molar-refractivity contribution in [2.24, 2.45) is 0 Å². The highest BCUT2D eigenvalue weighted by molar-refractivity contribution is 5.87. The van der Waals surface area contributed by atoms with E-state index in [-0.39, 0.29) is 17.9 Å². The first kappa shape index (κ1) is 15.9. The summed E-state index contributed by atoms with van der Waals surface area (Å²) in [5.41, 5.74) is 0.895. The zero-order valence-corrected chi connectivity index (χ0v) is 13.8. The highest BCUT2D eigenvalue weighted by Gasteiger charge is 2.40. The molecule has 1 saturated carbocycles. The molecule has 23 heavy (non-hydrogen) atoms. The number of piperazine rings is 1. The number of amides is 2. The summed E-state index contributed by atoms with van der Waals surface area (Å²) in [5.74, 6) is 0.0323. The second-order valence-electron chi connectivity index (χ2n) is 6.51. The summed E-state index contributed by atoms with van der Waals surface area (Å²) in [6, 6.07) is 5.67. The van der Waals surface area contributed by atoms with E-state index in [1.807, 2.05) is 30.1 Å². The molecule has 2 aliphatic rings. The lowest BCUT2D eigenvalue weighted by atomic mass is 10.1. The molecular weight excluding hydrogens is 292 g/mol. The zero-order valence-electron chi connectivity index (χ0n) is 13.8. The third-order valence-corrected chi connectivity index (χ3v) is 4.60. The maximum absolute atomic E-state index is 13.1. The molecule has 1 aliphatic carbocycles. The van der Waals surface area contributed by atoms with E-state index in [2.05, 4.69) is 9.88 Å². The van der Waals surface area contributed by atoms with Crippen LogP contribution < -0.4 is 0 Å². The lowest BCUT2D eigenvalue weighted by molar-refractivity contribution is -0.148. The Labute approximate surface area is 137 Å². The smallest absolute Gasteiger partial charge is 0.247 e. The molecule has 3 rings (SSSR count). The summed E-state index contributed by atoms with van der Waals surface area (Å²) in [6.45, 7) is 4.10. The number of hydrogen-bond donors (Lipinski definition) is 0. The van der Waals surface area contributed by atoms with E-state index in [0.29, 0.717) is 25.7 Å². The van der Waals surface area contributed by atoms with Crippen molar-refractivity contribution in [1.82, 2.24) is 19.7 Å². The Balaban J connectivity index is 1.78. The molecule has 2 heterocycles. The van der Waals surface area contributed by atoms with Crippen LogP contribution in [0.3, 0.4) is 0 Å². The van der Waals surface area contributed by atoms with E-state index < -0.39 is 0 Å². The topological polar surface area (TPSA) is 56.8 Å². The largest absolute Gasteiger partial charge is 0.332 e. The predicted octanol–water partition coefficient (Wildman–Crippen LogP) is 0.735. The van der Waals surface area contributed by atoms with Crippen molar-refractivity contribution in [1.29, 1.82) is 0 Å². The highest BCUT2D eigenvalue weighted by Crippen LogP contribution is 2.29. The van der Waals surface area contributed by atoms with E-state index in [9.17, 15) is 9.59 Å². The third-order valence-electron chi connectivity index (χ3n) is 4.60. The normalized spacial score (nSPS) is 22.0.